The first-order chi connectivity index (χ1) is 19.0. The number of ether oxygens (including phenoxy) is 1. The zero-order valence-electron chi connectivity index (χ0n) is 22.4. The van der Waals surface area contributed by atoms with Gasteiger partial charge in [-0.05, 0) is 41.0 Å². The Hall–Kier alpha value is -4.46. The minimum absolute atomic E-state index is 0.00344. The molecule has 1 aliphatic heterocycles. The van der Waals surface area contributed by atoms with Crippen LogP contribution in [0.2, 0.25) is 0 Å². The summed E-state index contributed by atoms with van der Waals surface area (Å²) in [5.41, 5.74) is 2.82. The fraction of sp³-hybridized carbons (Fsp3) is 0.290. The van der Waals surface area contributed by atoms with E-state index in [-0.39, 0.29) is 5.91 Å². The molecule has 0 atom stereocenters. The lowest BCUT2D eigenvalue weighted by molar-refractivity contribution is 0.0746. The Morgan fingerprint density at radius 2 is 1.74 bits per heavy atom. The molecule has 6 rings (SSSR count). The standard InChI is InChI=1S/C31H31N5O3/c1-20(2)17-26-32-29(35-13-15-36(16-14-35)31(37)24-9-6-10-25(19-24)38-3)27-28(34-39-30(27)33-26)23-12-11-21-7-4-5-8-22(21)18-23/h4-12,18-20H,13-17H2,1-3H3. The molecule has 0 aliphatic carbocycles. The van der Waals surface area contributed by atoms with Gasteiger partial charge in [-0.1, -0.05) is 61.5 Å². The van der Waals surface area contributed by atoms with E-state index in [1.54, 1.807) is 13.2 Å². The molecule has 0 radical (unpaired) electrons. The van der Waals surface area contributed by atoms with Crippen molar-refractivity contribution in [1.29, 1.82) is 0 Å². The fourth-order valence-corrected chi connectivity index (χ4v) is 5.16. The molecule has 0 bridgehead atoms. The van der Waals surface area contributed by atoms with E-state index in [9.17, 15) is 4.79 Å². The summed E-state index contributed by atoms with van der Waals surface area (Å²) < 4.78 is 11.1. The minimum Gasteiger partial charge on any atom is -0.497 e. The van der Waals surface area contributed by atoms with Crippen LogP contribution in [-0.4, -0.2) is 59.2 Å². The maximum atomic E-state index is 13.2. The number of hydrogen-bond acceptors (Lipinski definition) is 7. The average Bonchev–Trinajstić information content (AvgIpc) is 3.40. The number of piperazine rings is 1. The molecule has 0 unspecified atom stereocenters. The summed E-state index contributed by atoms with van der Waals surface area (Å²) in [4.78, 5) is 27.1. The lowest BCUT2D eigenvalue weighted by atomic mass is 10.0. The largest absolute Gasteiger partial charge is 0.497 e. The first-order valence-electron chi connectivity index (χ1n) is 13.3. The number of anilines is 1. The Bertz CT molecular complexity index is 1650. The number of methoxy groups -OCH3 is 1. The molecular formula is C31H31N5O3. The second-order valence-electron chi connectivity index (χ2n) is 10.3. The molecule has 8 heteroatoms. The second kappa shape index (κ2) is 10.4. The van der Waals surface area contributed by atoms with Crippen molar-refractivity contribution in [3.05, 3.63) is 78.1 Å². The highest BCUT2D eigenvalue weighted by atomic mass is 16.5. The summed E-state index contributed by atoms with van der Waals surface area (Å²) in [7, 11) is 1.61. The summed E-state index contributed by atoms with van der Waals surface area (Å²) in [6.07, 6.45) is 0.739. The number of nitrogens with zero attached hydrogens (tertiary/aromatic N) is 5. The molecule has 0 saturated carbocycles. The van der Waals surface area contributed by atoms with Crippen molar-refractivity contribution in [1.82, 2.24) is 20.0 Å². The van der Waals surface area contributed by atoms with Crippen molar-refractivity contribution in [2.75, 3.05) is 38.2 Å². The molecule has 39 heavy (non-hydrogen) atoms. The van der Waals surface area contributed by atoms with Crippen molar-refractivity contribution in [3.8, 4) is 17.0 Å². The molecule has 3 aromatic carbocycles. The molecule has 2 aromatic heterocycles. The van der Waals surface area contributed by atoms with Crippen LogP contribution in [0.25, 0.3) is 33.1 Å². The first kappa shape index (κ1) is 24.9. The number of carbonyl (C=O) groups is 1. The summed E-state index contributed by atoms with van der Waals surface area (Å²) in [6.45, 7) is 6.75. The molecule has 3 heterocycles. The van der Waals surface area contributed by atoms with Crippen LogP contribution in [0.15, 0.2) is 71.3 Å². The monoisotopic (exact) mass is 521 g/mol. The Morgan fingerprint density at radius 3 is 2.51 bits per heavy atom. The quantitative estimate of drug-likeness (QED) is 0.287. The number of benzene rings is 3. The van der Waals surface area contributed by atoms with Crippen molar-refractivity contribution < 1.29 is 14.1 Å². The Labute approximate surface area is 227 Å². The highest BCUT2D eigenvalue weighted by Crippen LogP contribution is 2.35. The average molecular weight is 522 g/mol. The number of carbonyl (C=O) groups excluding carboxylic acids is 1. The van der Waals surface area contributed by atoms with E-state index < -0.39 is 0 Å². The van der Waals surface area contributed by atoms with Crippen molar-refractivity contribution >= 4 is 33.6 Å². The van der Waals surface area contributed by atoms with E-state index in [1.165, 1.54) is 5.39 Å². The van der Waals surface area contributed by atoms with Crippen LogP contribution < -0.4 is 9.64 Å². The normalized spacial score (nSPS) is 13.9. The molecule has 0 N–H and O–H groups in total. The predicted octanol–water partition coefficient (Wildman–Crippen LogP) is 5.61. The van der Waals surface area contributed by atoms with Gasteiger partial charge in [0.05, 0.1) is 7.11 Å². The lowest BCUT2D eigenvalue weighted by Crippen LogP contribution is -2.49. The van der Waals surface area contributed by atoms with Gasteiger partial charge in [0, 0.05) is 43.7 Å². The Kier molecular flexibility index (Phi) is 6.60. The molecule has 0 spiro atoms. The van der Waals surface area contributed by atoms with Crippen LogP contribution in [0.1, 0.15) is 30.0 Å². The maximum Gasteiger partial charge on any atom is 0.263 e. The highest BCUT2D eigenvalue weighted by Gasteiger charge is 2.28. The van der Waals surface area contributed by atoms with Crippen LogP contribution in [-0.2, 0) is 6.42 Å². The Balaban J connectivity index is 1.34. The summed E-state index contributed by atoms with van der Waals surface area (Å²) in [6, 6.07) is 21.9. The number of amides is 1. The third-order valence-corrected chi connectivity index (χ3v) is 7.16. The van der Waals surface area contributed by atoms with E-state index in [1.807, 2.05) is 35.2 Å². The van der Waals surface area contributed by atoms with E-state index in [2.05, 4.69) is 54.2 Å². The van der Waals surface area contributed by atoms with Gasteiger partial charge in [-0.3, -0.25) is 4.79 Å². The summed E-state index contributed by atoms with van der Waals surface area (Å²) >= 11 is 0. The zero-order chi connectivity index (χ0) is 26.9. The maximum absolute atomic E-state index is 13.2. The van der Waals surface area contributed by atoms with Gasteiger partial charge in [-0.2, -0.15) is 4.98 Å². The minimum atomic E-state index is 0.00344. The van der Waals surface area contributed by atoms with Gasteiger partial charge in [-0.15, -0.1) is 0 Å². The van der Waals surface area contributed by atoms with E-state index in [0.717, 1.165) is 40.1 Å². The van der Waals surface area contributed by atoms with Gasteiger partial charge < -0.3 is 19.1 Å². The van der Waals surface area contributed by atoms with Crippen LogP contribution >= 0.6 is 0 Å². The van der Waals surface area contributed by atoms with Crippen LogP contribution in [0.3, 0.4) is 0 Å². The van der Waals surface area contributed by atoms with Gasteiger partial charge in [0.25, 0.3) is 11.6 Å². The molecule has 1 aliphatic rings. The van der Waals surface area contributed by atoms with Gasteiger partial charge in [-0.25, -0.2) is 4.98 Å². The van der Waals surface area contributed by atoms with Crippen molar-refractivity contribution in [2.24, 2.45) is 5.92 Å². The third-order valence-electron chi connectivity index (χ3n) is 7.16. The predicted molar refractivity (Wildman–Crippen MR) is 152 cm³/mol. The zero-order valence-corrected chi connectivity index (χ0v) is 22.4. The number of aromatic nitrogens is 3. The van der Waals surface area contributed by atoms with Gasteiger partial charge in [0.15, 0.2) is 0 Å². The molecular weight excluding hydrogens is 490 g/mol. The molecule has 5 aromatic rings. The SMILES string of the molecule is COc1cccc(C(=O)N2CCN(c3nc(CC(C)C)nc4onc(-c5ccc6ccccc6c5)c34)CC2)c1. The fourth-order valence-electron chi connectivity index (χ4n) is 5.16. The second-order valence-corrected chi connectivity index (χ2v) is 10.3. The van der Waals surface area contributed by atoms with Crippen LogP contribution in [0.5, 0.6) is 5.75 Å². The first-order valence-corrected chi connectivity index (χ1v) is 13.3. The van der Waals surface area contributed by atoms with Crippen LogP contribution in [0.4, 0.5) is 5.82 Å². The summed E-state index contributed by atoms with van der Waals surface area (Å²) in [5, 5.41) is 7.58. The molecule has 1 fully saturated rings. The molecule has 198 valence electrons. The topological polar surface area (TPSA) is 84.6 Å². The van der Waals surface area contributed by atoms with E-state index in [4.69, 9.17) is 19.2 Å². The molecule has 8 nitrogen and oxygen atoms in total. The molecule has 1 amide bonds. The van der Waals surface area contributed by atoms with Crippen LogP contribution in [0, 0.1) is 5.92 Å². The highest BCUT2D eigenvalue weighted by molar-refractivity contribution is 6.00. The third kappa shape index (κ3) is 4.90. The van der Waals surface area contributed by atoms with Gasteiger partial charge in [0.1, 0.15) is 28.5 Å². The van der Waals surface area contributed by atoms with E-state index in [0.29, 0.717) is 49.1 Å². The Morgan fingerprint density at radius 1 is 0.949 bits per heavy atom. The molecule has 1 saturated heterocycles. The smallest absolute Gasteiger partial charge is 0.263 e. The number of hydrogen-bond donors (Lipinski definition) is 0. The lowest BCUT2D eigenvalue weighted by Gasteiger charge is -2.35. The van der Waals surface area contributed by atoms with Gasteiger partial charge in [0.2, 0.25) is 0 Å². The van der Waals surface area contributed by atoms with E-state index >= 15 is 0 Å². The summed E-state index contributed by atoms with van der Waals surface area (Å²) in [5.74, 6) is 2.63. The van der Waals surface area contributed by atoms with Gasteiger partial charge >= 0.3 is 0 Å². The number of rotatable bonds is 6. The van der Waals surface area contributed by atoms with Crippen molar-refractivity contribution in [2.45, 2.75) is 20.3 Å². The number of fused-ring (bicyclic) bond motifs is 2. The van der Waals surface area contributed by atoms with Crippen molar-refractivity contribution in [3.63, 3.8) is 0 Å².